The highest BCUT2D eigenvalue weighted by Crippen LogP contribution is 2.32. The van der Waals surface area contributed by atoms with Crippen molar-refractivity contribution < 1.29 is 27.1 Å². The molecular formula is C21H25FN2O5S. The van der Waals surface area contributed by atoms with Crippen molar-refractivity contribution in [3.05, 3.63) is 53.8 Å². The van der Waals surface area contributed by atoms with Crippen LogP contribution in [-0.2, 0) is 21.4 Å². The van der Waals surface area contributed by atoms with Gasteiger partial charge in [-0.2, -0.15) is 4.31 Å². The van der Waals surface area contributed by atoms with Gasteiger partial charge < -0.3 is 14.8 Å². The number of amides is 1. The predicted octanol–water partition coefficient (Wildman–Crippen LogP) is 2.56. The van der Waals surface area contributed by atoms with E-state index in [0.29, 0.717) is 30.9 Å². The number of carbonyl (C=O) groups excluding carboxylic acids is 1. The van der Waals surface area contributed by atoms with Crippen molar-refractivity contribution in [2.75, 3.05) is 27.3 Å². The minimum atomic E-state index is -3.78. The first-order valence-electron chi connectivity index (χ1n) is 9.59. The standard InChI is InChI=1S/C21H25FN2O5S/c1-28-19-10-9-18(12-20(19)29-2)30(26,27)24-11-3-4-16(14-24)21(25)23-13-15-5-7-17(22)8-6-15/h5-10,12,16H,3-4,11,13-14H2,1-2H3,(H,23,25)/t16-/m0/s1. The molecule has 0 spiro atoms. The molecule has 0 bridgehead atoms. The minimum absolute atomic E-state index is 0.0903. The summed E-state index contributed by atoms with van der Waals surface area (Å²) in [5, 5.41) is 2.81. The Kier molecular flexibility index (Phi) is 6.94. The first-order valence-corrected chi connectivity index (χ1v) is 11.0. The van der Waals surface area contributed by atoms with E-state index in [0.717, 1.165) is 5.56 Å². The Hall–Kier alpha value is -2.65. The fourth-order valence-corrected chi connectivity index (χ4v) is 4.98. The number of methoxy groups -OCH3 is 2. The number of benzene rings is 2. The molecule has 0 radical (unpaired) electrons. The van der Waals surface area contributed by atoms with Crippen LogP contribution in [0.5, 0.6) is 11.5 Å². The van der Waals surface area contributed by atoms with Gasteiger partial charge in [-0.05, 0) is 42.7 Å². The molecular weight excluding hydrogens is 411 g/mol. The van der Waals surface area contributed by atoms with Crippen LogP contribution in [0.15, 0.2) is 47.4 Å². The van der Waals surface area contributed by atoms with Gasteiger partial charge in [0.15, 0.2) is 11.5 Å². The van der Waals surface area contributed by atoms with Crippen molar-refractivity contribution >= 4 is 15.9 Å². The summed E-state index contributed by atoms with van der Waals surface area (Å²) >= 11 is 0. The van der Waals surface area contributed by atoms with E-state index < -0.39 is 15.9 Å². The maximum atomic E-state index is 13.1. The van der Waals surface area contributed by atoms with Crippen LogP contribution < -0.4 is 14.8 Å². The zero-order chi connectivity index (χ0) is 21.7. The van der Waals surface area contributed by atoms with Crippen LogP contribution >= 0.6 is 0 Å². The number of halogens is 1. The average molecular weight is 437 g/mol. The van der Waals surface area contributed by atoms with Crippen LogP contribution in [0.25, 0.3) is 0 Å². The van der Waals surface area contributed by atoms with Gasteiger partial charge in [0.25, 0.3) is 0 Å². The van der Waals surface area contributed by atoms with Gasteiger partial charge in [-0.1, -0.05) is 12.1 Å². The summed E-state index contributed by atoms with van der Waals surface area (Å²) in [6, 6.07) is 10.3. The Morgan fingerprint density at radius 3 is 2.50 bits per heavy atom. The molecule has 9 heteroatoms. The molecule has 1 amide bonds. The zero-order valence-electron chi connectivity index (χ0n) is 16.9. The molecule has 1 saturated heterocycles. The Morgan fingerprint density at radius 2 is 1.83 bits per heavy atom. The van der Waals surface area contributed by atoms with E-state index in [1.807, 2.05) is 0 Å². The van der Waals surface area contributed by atoms with Crippen molar-refractivity contribution in [1.29, 1.82) is 0 Å². The molecule has 1 fully saturated rings. The number of hydrogen-bond acceptors (Lipinski definition) is 5. The Labute approximate surface area is 175 Å². The number of ether oxygens (including phenoxy) is 2. The number of hydrogen-bond donors (Lipinski definition) is 1. The lowest BCUT2D eigenvalue weighted by molar-refractivity contribution is -0.126. The molecule has 2 aromatic carbocycles. The molecule has 3 rings (SSSR count). The van der Waals surface area contributed by atoms with Crippen molar-refractivity contribution in [3.8, 4) is 11.5 Å². The molecule has 30 heavy (non-hydrogen) atoms. The lowest BCUT2D eigenvalue weighted by Crippen LogP contribution is -2.45. The van der Waals surface area contributed by atoms with Crippen molar-refractivity contribution in [2.24, 2.45) is 5.92 Å². The smallest absolute Gasteiger partial charge is 0.243 e. The van der Waals surface area contributed by atoms with Crippen LogP contribution in [0.1, 0.15) is 18.4 Å². The lowest BCUT2D eigenvalue weighted by atomic mass is 9.99. The van der Waals surface area contributed by atoms with Gasteiger partial charge in [0.1, 0.15) is 5.82 Å². The summed E-state index contributed by atoms with van der Waals surface area (Å²) in [5.74, 6) is -0.244. The van der Waals surface area contributed by atoms with Gasteiger partial charge >= 0.3 is 0 Å². The third kappa shape index (κ3) is 4.91. The lowest BCUT2D eigenvalue weighted by Gasteiger charge is -2.31. The molecule has 1 heterocycles. The molecule has 1 N–H and O–H groups in total. The number of sulfonamides is 1. The normalized spacial score (nSPS) is 17.4. The zero-order valence-corrected chi connectivity index (χ0v) is 17.7. The molecule has 0 unspecified atom stereocenters. The highest BCUT2D eigenvalue weighted by atomic mass is 32.2. The molecule has 1 atom stereocenters. The second-order valence-corrected chi connectivity index (χ2v) is 9.00. The summed E-state index contributed by atoms with van der Waals surface area (Å²) in [7, 11) is -0.863. The number of carbonyl (C=O) groups is 1. The largest absolute Gasteiger partial charge is 0.493 e. The van der Waals surface area contributed by atoms with Crippen LogP contribution in [0.2, 0.25) is 0 Å². The summed E-state index contributed by atoms with van der Waals surface area (Å²) in [6.07, 6.45) is 1.19. The Balaban J connectivity index is 1.68. The first kappa shape index (κ1) is 22.0. The molecule has 0 aromatic heterocycles. The fourth-order valence-electron chi connectivity index (χ4n) is 3.44. The highest BCUT2D eigenvalue weighted by molar-refractivity contribution is 7.89. The molecule has 2 aromatic rings. The second kappa shape index (κ2) is 9.44. The monoisotopic (exact) mass is 436 g/mol. The van der Waals surface area contributed by atoms with E-state index in [9.17, 15) is 17.6 Å². The van der Waals surface area contributed by atoms with Gasteiger partial charge in [0.2, 0.25) is 15.9 Å². The molecule has 162 valence electrons. The molecule has 1 aliphatic heterocycles. The van der Waals surface area contributed by atoms with Crippen LogP contribution in [0, 0.1) is 11.7 Å². The number of nitrogens with zero attached hydrogens (tertiary/aromatic N) is 1. The van der Waals surface area contributed by atoms with Gasteiger partial charge in [0.05, 0.1) is 25.0 Å². The van der Waals surface area contributed by atoms with Crippen molar-refractivity contribution in [1.82, 2.24) is 9.62 Å². The maximum absolute atomic E-state index is 13.1. The van der Waals surface area contributed by atoms with Gasteiger partial charge in [-0.25, -0.2) is 12.8 Å². The Morgan fingerprint density at radius 1 is 1.13 bits per heavy atom. The topological polar surface area (TPSA) is 84.9 Å². The number of rotatable bonds is 7. The quantitative estimate of drug-likeness (QED) is 0.721. The van der Waals surface area contributed by atoms with Gasteiger partial charge in [0, 0.05) is 25.7 Å². The van der Waals surface area contributed by atoms with Crippen LogP contribution in [-0.4, -0.2) is 45.9 Å². The minimum Gasteiger partial charge on any atom is -0.493 e. The van der Waals surface area contributed by atoms with Crippen molar-refractivity contribution in [3.63, 3.8) is 0 Å². The van der Waals surface area contributed by atoms with Gasteiger partial charge in [-0.3, -0.25) is 4.79 Å². The maximum Gasteiger partial charge on any atom is 0.243 e. The van der Waals surface area contributed by atoms with E-state index in [1.165, 1.54) is 42.8 Å². The van der Waals surface area contributed by atoms with Gasteiger partial charge in [-0.15, -0.1) is 0 Å². The summed E-state index contributed by atoms with van der Waals surface area (Å²) < 4.78 is 50.9. The van der Waals surface area contributed by atoms with Crippen LogP contribution in [0.4, 0.5) is 4.39 Å². The second-order valence-electron chi connectivity index (χ2n) is 7.06. The summed E-state index contributed by atoms with van der Waals surface area (Å²) in [4.78, 5) is 12.7. The van der Waals surface area contributed by atoms with E-state index in [-0.39, 0.29) is 29.7 Å². The molecule has 0 saturated carbocycles. The van der Waals surface area contributed by atoms with E-state index in [1.54, 1.807) is 18.2 Å². The molecule has 0 aliphatic carbocycles. The van der Waals surface area contributed by atoms with Crippen LogP contribution in [0.3, 0.4) is 0 Å². The van der Waals surface area contributed by atoms with E-state index >= 15 is 0 Å². The number of piperidine rings is 1. The van der Waals surface area contributed by atoms with E-state index in [2.05, 4.69) is 5.32 Å². The summed E-state index contributed by atoms with van der Waals surface area (Å²) in [5.41, 5.74) is 0.773. The Bertz CT molecular complexity index is 995. The van der Waals surface area contributed by atoms with E-state index in [4.69, 9.17) is 9.47 Å². The summed E-state index contributed by atoms with van der Waals surface area (Å²) in [6.45, 7) is 0.711. The fraction of sp³-hybridized carbons (Fsp3) is 0.381. The molecule has 7 nitrogen and oxygen atoms in total. The van der Waals surface area contributed by atoms with Crippen molar-refractivity contribution in [2.45, 2.75) is 24.3 Å². The predicted molar refractivity (Wildman–Crippen MR) is 109 cm³/mol. The highest BCUT2D eigenvalue weighted by Gasteiger charge is 2.33. The SMILES string of the molecule is COc1ccc(S(=O)(=O)N2CCC[C@H](C(=O)NCc3ccc(F)cc3)C2)cc1OC. The molecule has 1 aliphatic rings. The average Bonchev–Trinajstić information content (AvgIpc) is 2.78. The third-order valence-corrected chi connectivity index (χ3v) is 6.99. The number of nitrogens with one attached hydrogen (secondary N) is 1. The first-order chi connectivity index (χ1) is 14.3. The third-order valence-electron chi connectivity index (χ3n) is 5.13.